The van der Waals surface area contributed by atoms with Crippen LogP contribution in [0.4, 0.5) is 5.69 Å². The van der Waals surface area contributed by atoms with E-state index in [0.29, 0.717) is 17.9 Å². The normalized spacial score (nSPS) is 10.1. The molecule has 19 heavy (non-hydrogen) atoms. The lowest BCUT2D eigenvalue weighted by atomic mass is 10.1. The van der Waals surface area contributed by atoms with Crippen molar-refractivity contribution in [3.05, 3.63) is 23.3 Å². The number of carbonyl (C=O) groups excluding carboxylic acids is 2. The minimum Gasteiger partial charge on any atom is -0.508 e. The quantitative estimate of drug-likeness (QED) is 0.632. The van der Waals surface area contributed by atoms with Crippen molar-refractivity contribution < 1.29 is 19.4 Å². The van der Waals surface area contributed by atoms with E-state index in [1.807, 2.05) is 0 Å². The molecule has 1 aromatic carbocycles. The zero-order valence-corrected chi connectivity index (χ0v) is 11.4. The van der Waals surface area contributed by atoms with Crippen molar-refractivity contribution in [1.29, 1.82) is 0 Å². The summed E-state index contributed by atoms with van der Waals surface area (Å²) < 4.78 is 4.75. The van der Waals surface area contributed by atoms with E-state index in [1.54, 1.807) is 32.9 Å². The van der Waals surface area contributed by atoms with Crippen LogP contribution in [0.25, 0.3) is 0 Å². The molecule has 0 unspecified atom stereocenters. The van der Waals surface area contributed by atoms with Crippen molar-refractivity contribution in [2.75, 3.05) is 11.9 Å². The lowest BCUT2D eigenvalue weighted by Crippen LogP contribution is -2.15. The molecule has 1 aromatic rings. The minimum absolute atomic E-state index is 0.0653. The minimum atomic E-state index is -0.378. The van der Waals surface area contributed by atoms with Crippen molar-refractivity contribution in [1.82, 2.24) is 0 Å². The summed E-state index contributed by atoms with van der Waals surface area (Å²) in [6.07, 6.45) is 0.147. The molecule has 0 fully saturated rings. The molecule has 0 saturated heterocycles. The highest BCUT2D eigenvalue weighted by molar-refractivity contribution is 5.93. The van der Waals surface area contributed by atoms with E-state index in [4.69, 9.17) is 4.74 Å². The first-order valence-electron chi connectivity index (χ1n) is 6.19. The van der Waals surface area contributed by atoms with Gasteiger partial charge in [-0.1, -0.05) is 0 Å². The molecule has 5 nitrogen and oxygen atoms in total. The fourth-order valence-corrected chi connectivity index (χ4v) is 1.60. The van der Waals surface area contributed by atoms with Crippen LogP contribution in [0, 0.1) is 13.8 Å². The summed E-state index contributed by atoms with van der Waals surface area (Å²) >= 11 is 0. The SMILES string of the molecule is CCOC(=O)CCC(=O)Nc1cc(C)c(O)cc1C. The first kappa shape index (κ1) is 15.0. The van der Waals surface area contributed by atoms with Crippen LogP contribution in [0.5, 0.6) is 5.75 Å². The first-order chi connectivity index (χ1) is 8.93. The molecule has 0 saturated carbocycles. The van der Waals surface area contributed by atoms with E-state index in [-0.39, 0.29) is 30.5 Å². The van der Waals surface area contributed by atoms with E-state index in [2.05, 4.69) is 5.32 Å². The Morgan fingerprint density at radius 3 is 2.53 bits per heavy atom. The Kier molecular flexibility index (Phi) is 5.36. The Hall–Kier alpha value is -2.04. The van der Waals surface area contributed by atoms with E-state index in [0.717, 1.165) is 5.56 Å². The van der Waals surface area contributed by atoms with E-state index < -0.39 is 0 Å². The van der Waals surface area contributed by atoms with Gasteiger partial charge in [-0.2, -0.15) is 0 Å². The Bertz CT molecular complexity index is 483. The molecule has 0 spiro atoms. The third-order valence-electron chi connectivity index (χ3n) is 2.68. The number of amides is 1. The summed E-state index contributed by atoms with van der Waals surface area (Å²) in [5.74, 6) is -0.431. The molecule has 0 bridgehead atoms. The summed E-state index contributed by atoms with van der Waals surface area (Å²) in [7, 11) is 0. The molecule has 0 radical (unpaired) electrons. The lowest BCUT2D eigenvalue weighted by Gasteiger charge is -2.10. The summed E-state index contributed by atoms with van der Waals surface area (Å²) in [4.78, 5) is 22.8. The Morgan fingerprint density at radius 1 is 1.21 bits per heavy atom. The van der Waals surface area contributed by atoms with Gasteiger partial charge in [-0.3, -0.25) is 9.59 Å². The van der Waals surface area contributed by atoms with Crippen LogP contribution in [0.15, 0.2) is 12.1 Å². The van der Waals surface area contributed by atoms with Crippen LogP contribution in [-0.4, -0.2) is 23.6 Å². The number of ether oxygens (including phenoxy) is 1. The van der Waals surface area contributed by atoms with Crippen LogP contribution in [0.3, 0.4) is 0 Å². The highest BCUT2D eigenvalue weighted by Gasteiger charge is 2.10. The second-order valence-corrected chi connectivity index (χ2v) is 4.31. The van der Waals surface area contributed by atoms with Gasteiger partial charge in [-0.05, 0) is 44.0 Å². The average Bonchev–Trinajstić information content (AvgIpc) is 2.34. The summed E-state index contributed by atoms with van der Waals surface area (Å²) in [5, 5.41) is 12.2. The Morgan fingerprint density at radius 2 is 1.89 bits per heavy atom. The molecule has 0 atom stereocenters. The summed E-state index contributed by atoms with van der Waals surface area (Å²) in [6.45, 7) is 5.58. The smallest absolute Gasteiger partial charge is 0.306 e. The highest BCUT2D eigenvalue weighted by Crippen LogP contribution is 2.25. The third-order valence-corrected chi connectivity index (χ3v) is 2.68. The van der Waals surface area contributed by atoms with Crippen LogP contribution in [0.1, 0.15) is 30.9 Å². The van der Waals surface area contributed by atoms with Crippen molar-refractivity contribution in [3.8, 4) is 5.75 Å². The monoisotopic (exact) mass is 265 g/mol. The lowest BCUT2D eigenvalue weighted by molar-refractivity contribution is -0.144. The number of benzene rings is 1. The zero-order chi connectivity index (χ0) is 14.4. The topological polar surface area (TPSA) is 75.6 Å². The van der Waals surface area contributed by atoms with Gasteiger partial charge in [0.05, 0.1) is 13.0 Å². The van der Waals surface area contributed by atoms with Gasteiger partial charge in [0.1, 0.15) is 5.75 Å². The van der Waals surface area contributed by atoms with Crippen LogP contribution in [-0.2, 0) is 14.3 Å². The van der Waals surface area contributed by atoms with Gasteiger partial charge >= 0.3 is 5.97 Å². The van der Waals surface area contributed by atoms with Gasteiger partial charge < -0.3 is 15.2 Å². The molecule has 0 aliphatic carbocycles. The first-order valence-corrected chi connectivity index (χ1v) is 6.19. The van der Waals surface area contributed by atoms with Gasteiger partial charge in [0, 0.05) is 12.1 Å². The van der Waals surface area contributed by atoms with Gasteiger partial charge in [-0.25, -0.2) is 0 Å². The van der Waals surface area contributed by atoms with Crippen LogP contribution < -0.4 is 5.32 Å². The van der Waals surface area contributed by atoms with Crippen molar-refractivity contribution in [2.24, 2.45) is 0 Å². The molecule has 0 aromatic heterocycles. The predicted molar refractivity (Wildman–Crippen MR) is 72.1 cm³/mol. The van der Waals surface area contributed by atoms with Gasteiger partial charge in [0.15, 0.2) is 0 Å². The largest absolute Gasteiger partial charge is 0.508 e. The molecule has 2 N–H and O–H groups in total. The van der Waals surface area contributed by atoms with Gasteiger partial charge in [0.25, 0.3) is 0 Å². The zero-order valence-electron chi connectivity index (χ0n) is 11.4. The number of nitrogens with one attached hydrogen (secondary N) is 1. The van der Waals surface area contributed by atoms with Gasteiger partial charge in [-0.15, -0.1) is 0 Å². The molecule has 0 aliphatic rings. The molecule has 1 amide bonds. The number of hydrogen-bond donors (Lipinski definition) is 2. The van der Waals surface area contributed by atoms with Crippen LogP contribution >= 0.6 is 0 Å². The van der Waals surface area contributed by atoms with Crippen molar-refractivity contribution >= 4 is 17.6 Å². The number of anilines is 1. The van der Waals surface area contributed by atoms with Crippen molar-refractivity contribution in [2.45, 2.75) is 33.6 Å². The highest BCUT2D eigenvalue weighted by atomic mass is 16.5. The summed E-state index contributed by atoms with van der Waals surface area (Å²) in [5.41, 5.74) is 2.10. The number of aryl methyl sites for hydroxylation is 2. The Labute approximate surface area is 112 Å². The number of esters is 1. The van der Waals surface area contributed by atoms with Crippen molar-refractivity contribution in [3.63, 3.8) is 0 Å². The molecule has 0 aliphatic heterocycles. The van der Waals surface area contributed by atoms with E-state index in [1.165, 1.54) is 0 Å². The predicted octanol–water partition coefficient (Wildman–Crippen LogP) is 2.29. The maximum Gasteiger partial charge on any atom is 0.306 e. The summed E-state index contributed by atoms with van der Waals surface area (Å²) in [6, 6.07) is 3.29. The maximum absolute atomic E-state index is 11.7. The second kappa shape index (κ2) is 6.78. The van der Waals surface area contributed by atoms with E-state index in [9.17, 15) is 14.7 Å². The molecule has 5 heteroatoms. The number of rotatable bonds is 5. The fraction of sp³-hybridized carbons (Fsp3) is 0.429. The molecular weight excluding hydrogens is 246 g/mol. The van der Waals surface area contributed by atoms with Gasteiger partial charge in [0.2, 0.25) is 5.91 Å². The number of carbonyl (C=O) groups is 2. The molecule has 1 rings (SSSR count). The number of aromatic hydroxyl groups is 1. The molecular formula is C14H19NO4. The standard InChI is InChI=1S/C14H19NO4/c1-4-19-14(18)6-5-13(17)15-11-7-10(3)12(16)8-9(11)2/h7-8,16H,4-6H2,1-3H3,(H,15,17). The molecule has 0 heterocycles. The average molecular weight is 265 g/mol. The maximum atomic E-state index is 11.7. The Balaban J connectivity index is 2.58. The number of phenolic OH excluding ortho intramolecular Hbond substituents is 1. The third kappa shape index (κ3) is 4.62. The number of phenols is 1. The fourth-order valence-electron chi connectivity index (χ4n) is 1.60. The number of hydrogen-bond acceptors (Lipinski definition) is 4. The second-order valence-electron chi connectivity index (χ2n) is 4.31. The molecule has 104 valence electrons. The van der Waals surface area contributed by atoms with E-state index >= 15 is 0 Å². The van der Waals surface area contributed by atoms with Crippen LogP contribution in [0.2, 0.25) is 0 Å².